The molecule has 0 fully saturated rings. The molecule has 0 aliphatic carbocycles. The van der Waals surface area contributed by atoms with E-state index in [-0.39, 0.29) is 12.4 Å². The quantitative estimate of drug-likeness (QED) is 0.874. The van der Waals surface area contributed by atoms with Crippen molar-refractivity contribution in [1.29, 1.82) is 0 Å². The molecule has 0 bridgehead atoms. The van der Waals surface area contributed by atoms with Gasteiger partial charge in [0.15, 0.2) is 5.96 Å². The molecule has 4 nitrogen and oxygen atoms in total. The molecule has 1 heterocycles. The molecule has 1 aliphatic rings. The normalized spacial score (nSPS) is 13.4. The molecule has 18 heavy (non-hydrogen) atoms. The van der Waals surface area contributed by atoms with Gasteiger partial charge in [0.1, 0.15) is 0 Å². The number of rotatable bonds is 2. The van der Waals surface area contributed by atoms with E-state index in [1.54, 1.807) is 0 Å². The summed E-state index contributed by atoms with van der Waals surface area (Å²) in [6.07, 6.45) is 0. The number of nitrogens with zero attached hydrogens (tertiary/aromatic N) is 2. The summed E-state index contributed by atoms with van der Waals surface area (Å²) in [7, 11) is 4.09. The number of benzene rings is 1. The van der Waals surface area contributed by atoms with Gasteiger partial charge in [0.2, 0.25) is 0 Å². The Balaban J connectivity index is 0.00000162. The van der Waals surface area contributed by atoms with Gasteiger partial charge in [-0.25, -0.2) is 0 Å². The van der Waals surface area contributed by atoms with E-state index < -0.39 is 0 Å². The van der Waals surface area contributed by atoms with Crippen LogP contribution >= 0.6 is 28.3 Å². The van der Waals surface area contributed by atoms with Crippen molar-refractivity contribution in [2.45, 2.75) is 6.92 Å². The number of halogens is 2. The van der Waals surface area contributed by atoms with Gasteiger partial charge in [-0.15, -0.1) is 12.4 Å². The van der Waals surface area contributed by atoms with Crippen molar-refractivity contribution in [1.82, 2.24) is 5.32 Å². The SMILES string of the molecule is Cc1c(N(C)C)ccc(Br)c1NC1=NCCN1.Cl. The third kappa shape index (κ3) is 3.09. The van der Waals surface area contributed by atoms with Crippen LogP contribution < -0.4 is 15.5 Å². The van der Waals surface area contributed by atoms with E-state index >= 15 is 0 Å². The molecule has 0 aromatic heterocycles. The molecule has 0 unspecified atom stereocenters. The van der Waals surface area contributed by atoms with E-state index in [9.17, 15) is 0 Å². The Morgan fingerprint density at radius 2 is 2.11 bits per heavy atom. The molecule has 0 saturated carbocycles. The smallest absolute Gasteiger partial charge is 0.195 e. The van der Waals surface area contributed by atoms with Gasteiger partial charge in [-0.1, -0.05) is 0 Å². The largest absolute Gasteiger partial charge is 0.377 e. The molecule has 100 valence electrons. The van der Waals surface area contributed by atoms with E-state index in [1.165, 1.54) is 11.3 Å². The Kier molecular flexibility index (Phi) is 5.28. The summed E-state index contributed by atoms with van der Waals surface area (Å²) in [5.41, 5.74) is 3.49. The van der Waals surface area contributed by atoms with Gasteiger partial charge in [-0.2, -0.15) is 0 Å². The molecular weight excluding hydrogens is 316 g/mol. The zero-order valence-corrected chi connectivity index (χ0v) is 13.2. The van der Waals surface area contributed by atoms with Crippen molar-refractivity contribution in [3.8, 4) is 0 Å². The molecule has 1 aromatic rings. The number of hydrogen-bond donors (Lipinski definition) is 2. The van der Waals surface area contributed by atoms with Gasteiger partial charge in [0, 0.05) is 30.8 Å². The lowest BCUT2D eigenvalue weighted by atomic mass is 10.1. The first-order valence-corrected chi connectivity index (χ1v) is 6.40. The topological polar surface area (TPSA) is 39.7 Å². The van der Waals surface area contributed by atoms with Crippen molar-refractivity contribution in [3.63, 3.8) is 0 Å². The standard InChI is InChI=1S/C12H17BrN4.ClH/c1-8-10(17(2)3)5-4-9(13)11(8)16-12-14-6-7-15-12;/h4-5H,6-7H2,1-3H3,(H2,14,15,16);1H. The van der Waals surface area contributed by atoms with Crippen molar-refractivity contribution >= 4 is 45.7 Å². The highest BCUT2D eigenvalue weighted by molar-refractivity contribution is 9.10. The molecule has 2 N–H and O–H groups in total. The van der Waals surface area contributed by atoms with Gasteiger partial charge in [0.05, 0.1) is 12.2 Å². The predicted molar refractivity (Wildman–Crippen MR) is 84.4 cm³/mol. The van der Waals surface area contributed by atoms with E-state index in [1.807, 2.05) is 14.1 Å². The lowest BCUT2D eigenvalue weighted by Gasteiger charge is -2.20. The van der Waals surface area contributed by atoms with E-state index in [0.29, 0.717) is 0 Å². The van der Waals surface area contributed by atoms with Crippen LogP contribution in [0.3, 0.4) is 0 Å². The fraction of sp³-hybridized carbons (Fsp3) is 0.417. The van der Waals surface area contributed by atoms with Crippen LogP contribution in [0.25, 0.3) is 0 Å². The molecule has 1 aliphatic heterocycles. The van der Waals surface area contributed by atoms with Gasteiger partial charge >= 0.3 is 0 Å². The maximum absolute atomic E-state index is 4.35. The van der Waals surface area contributed by atoms with E-state index in [2.05, 4.69) is 55.5 Å². The molecule has 0 saturated heterocycles. The zero-order valence-electron chi connectivity index (χ0n) is 10.7. The summed E-state index contributed by atoms with van der Waals surface area (Å²) in [6, 6.07) is 4.16. The highest BCUT2D eigenvalue weighted by Gasteiger charge is 2.13. The number of anilines is 2. The van der Waals surface area contributed by atoms with Crippen LogP contribution in [-0.2, 0) is 0 Å². The lowest BCUT2D eigenvalue weighted by Crippen LogP contribution is -2.27. The summed E-state index contributed by atoms with van der Waals surface area (Å²) in [4.78, 5) is 6.46. The van der Waals surface area contributed by atoms with Crippen LogP contribution in [-0.4, -0.2) is 33.1 Å². The Bertz CT molecular complexity index is 460. The summed E-state index contributed by atoms with van der Waals surface area (Å²) in [5, 5.41) is 6.55. The molecule has 0 radical (unpaired) electrons. The minimum atomic E-state index is 0. The predicted octanol–water partition coefficient (Wildman–Crippen LogP) is 2.62. The van der Waals surface area contributed by atoms with Crippen LogP contribution in [0.1, 0.15) is 5.56 Å². The average molecular weight is 334 g/mol. The number of guanidine groups is 1. The van der Waals surface area contributed by atoms with Crippen LogP contribution in [0.4, 0.5) is 11.4 Å². The number of aliphatic imine (C=N–C) groups is 1. The van der Waals surface area contributed by atoms with Crippen LogP contribution in [0.2, 0.25) is 0 Å². The third-order valence-corrected chi connectivity index (χ3v) is 3.45. The zero-order chi connectivity index (χ0) is 12.4. The highest BCUT2D eigenvalue weighted by atomic mass is 79.9. The summed E-state index contributed by atoms with van der Waals surface area (Å²) < 4.78 is 1.05. The molecule has 2 rings (SSSR count). The number of nitrogens with one attached hydrogen (secondary N) is 2. The summed E-state index contributed by atoms with van der Waals surface area (Å²) in [5.74, 6) is 0.852. The Morgan fingerprint density at radius 1 is 1.39 bits per heavy atom. The molecule has 0 amide bonds. The molecule has 0 atom stereocenters. The van der Waals surface area contributed by atoms with E-state index in [0.717, 1.165) is 29.2 Å². The Labute approximate surface area is 122 Å². The Morgan fingerprint density at radius 3 is 2.67 bits per heavy atom. The van der Waals surface area contributed by atoms with Gasteiger partial charge in [-0.05, 0) is 40.5 Å². The van der Waals surface area contributed by atoms with Crippen LogP contribution in [0.5, 0.6) is 0 Å². The minimum Gasteiger partial charge on any atom is -0.377 e. The highest BCUT2D eigenvalue weighted by Crippen LogP contribution is 2.32. The molecule has 6 heteroatoms. The molecule has 0 spiro atoms. The molecular formula is C12H18BrClN4. The van der Waals surface area contributed by atoms with Crippen molar-refractivity contribution in [2.75, 3.05) is 37.4 Å². The fourth-order valence-electron chi connectivity index (χ4n) is 1.91. The van der Waals surface area contributed by atoms with Crippen molar-refractivity contribution < 1.29 is 0 Å². The monoisotopic (exact) mass is 332 g/mol. The average Bonchev–Trinajstić information content (AvgIpc) is 2.76. The summed E-state index contributed by atoms with van der Waals surface area (Å²) in [6.45, 7) is 3.86. The van der Waals surface area contributed by atoms with E-state index in [4.69, 9.17) is 0 Å². The van der Waals surface area contributed by atoms with Crippen LogP contribution in [0, 0.1) is 6.92 Å². The summed E-state index contributed by atoms with van der Waals surface area (Å²) >= 11 is 3.57. The number of hydrogen-bond acceptors (Lipinski definition) is 4. The first-order chi connectivity index (χ1) is 8.09. The van der Waals surface area contributed by atoms with Gasteiger partial charge in [-0.3, -0.25) is 4.99 Å². The van der Waals surface area contributed by atoms with Gasteiger partial charge in [0.25, 0.3) is 0 Å². The maximum atomic E-state index is 4.35. The fourth-order valence-corrected chi connectivity index (χ4v) is 2.43. The third-order valence-electron chi connectivity index (χ3n) is 2.78. The second-order valence-electron chi connectivity index (χ2n) is 4.24. The minimum absolute atomic E-state index is 0. The van der Waals surface area contributed by atoms with Crippen molar-refractivity contribution in [3.05, 3.63) is 22.2 Å². The van der Waals surface area contributed by atoms with Crippen LogP contribution in [0.15, 0.2) is 21.6 Å². The second kappa shape index (κ2) is 6.29. The Hall–Kier alpha value is -0.940. The second-order valence-corrected chi connectivity index (χ2v) is 5.10. The first kappa shape index (κ1) is 15.1. The maximum Gasteiger partial charge on any atom is 0.195 e. The first-order valence-electron chi connectivity index (χ1n) is 5.61. The molecule has 1 aromatic carbocycles. The van der Waals surface area contributed by atoms with Gasteiger partial charge < -0.3 is 15.5 Å². The van der Waals surface area contributed by atoms with Crippen molar-refractivity contribution in [2.24, 2.45) is 4.99 Å². The lowest BCUT2D eigenvalue weighted by molar-refractivity contribution is 0.959.